The summed E-state index contributed by atoms with van der Waals surface area (Å²) in [5.74, 6) is 1.03. The van der Waals surface area contributed by atoms with Crippen LogP contribution in [0.25, 0.3) is 10.8 Å². The fourth-order valence-corrected chi connectivity index (χ4v) is 3.92. The maximum atomic E-state index is 6.36. The average molecular weight is 302 g/mol. The third kappa shape index (κ3) is 2.49. The molecule has 3 nitrogen and oxygen atoms in total. The first-order valence-corrected chi connectivity index (χ1v) is 8.23. The second-order valence-corrected chi connectivity index (χ2v) is 6.48. The Balaban J connectivity index is 1.59. The smallest absolute Gasteiger partial charge is 0.139 e. The van der Waals surface area contributed by atoms with Crippen molar-refractivity contribution in [1.82, 2.24) is 9.88 Å². The number of halogens is 1. The summed E-state index contributed by atoms with van der Waals surface area (Å²) in [6, 6.07) is 11.1. The van der Waals surface area contributed by atoms with Crippen LogP contribution in [-0.2, 0) is 0 Å². The molecule has 0 unspecified atom stereocenters. The molecule has 0 radical (unpaired) electrons. The lowest BCUT2D eigenvalue weighted by atomic mass is 10.2. The zero-order chi connectivity index (χ0) is 14.2. The molecular formula is C17H20ClN3. The van der Waals surface area contributed by atoms with E-state index in [0.717, 1.165) is 24.3 Å². The molecule has 0 spiro atoms. The van der Waals surface area contributed by atoms with E-state index in [1.807, 2.05) is 12.1 Å². The Bertz CT molecular complexity index is 652. The third-order valence-electron chi connectivity index (χ3n) is 4.82. The molecule has 1 atom stereocenters. The molecule has 0 saturated carbocycles. The predicted molar refractivity (Wildman–Crippen MR) is 88.2 cm³/mol. The molecule has 0 aliphatic carbocycles. The van der Waals surface area contributed by atoms with Gasteiger partial charge in [0.25, 0.3) is 0 Å². The van der Waals surface area contributed by atoms with E-state index in [2.05, 4.69) is 33.0 Å². The minimum Gasteiger partial charge on any atom is -0.355 e. The minimum atomic E-state index is 0.618. The zero-order valence-corrected chi connectivity index (χ0v) is 12.9. The molecule has 3 heterocycles. The number of rotatable bonds is 2. The van der Waals surface area contributed by atoms with E-state index in [0.29, 0.717) is 11.2 Å². The monoisotopic (exact) mass is 301 g/mol. The normalized spacial score (nSPS) is 23.3. The number of hydrogen-bond donors (Lipinski definition) is 0. The first-order valence-electron chi connectivity index (χ1n) is 7.85. The van der Waals surface area contributed by atoms with Crippen molar-refractivity contribution < 1.29 is 0 Å². The Morgan fingerprint density at radius 2 is 1.90 bits per heavy atom. The van der Waals surface area contributed by atoms with Gasteiger partial charge in [0, 0.05) is 24.5 Å². The highest BCUT2D eigenvalue weighted by Crippen LogP contribution is 2.29. The number of fused-ring (bicyclic) bond motifs is 1. The second-order valence-electron chi connectivity index (χ2n) is 6.12. The van der Waals surface area contributed by atoms with Crippen molar-refractivity contribution in [3.63, 3.8) is 0 Å². The number of benzene rings is 1. The van der Waals surface area contributed by atoms with Gasteiger partial charge < -0.3 is 4.90 Å². The fraction of sp³-hybridized carbons (Fsp3) is 0.471. The van der Waals surface area contributed by atoms with Gasteiger partial charge in [-0.2, -0.15) is 0 Å². The Kier molecular flexibility index (Phi) is 3.48. The van der Waals surface area contributed by atoms with Crippen LogP contribution in [0.15, 0.2) is 30.3 Å². The quantitative estimate of drug-likeness (QED) is 0.791. The van der Waals surface area contributed by atoms with Gasteiger partial charge in [0.1, 0.15) is 11.0 Å². The van der Waals surface area contributed by atoms with E-state index in [1.165, 1.54) is 37.7 Å². The Morgan fingerprint density at radius 3 is 2.76 bits per heavy atom. The van der Waals surface area contributed by atoms with Crippen LogP contribution < -0.4 is 4.90 Å². The summed E-state index contributed by atoms with van der Waals surface area (Å²) in [6.45, 7) is 4.71. The molecule has 2 fully saturated rings. The SMILES string of the molecule is Clc1nc(N2CC[C@H](N3CCCC3)C2)cc2ccccc12. The second kappa shape index (κ2) is 5.47. The average Bonchev–Trinajstić information content (AvgIpc) is 3.18. The van der Waals surface area contributed by atoms with E-state index >= 15 is 0 Å². The Labute approximate surface area is 130 Å². The van der Waals surface area contributed by atoms with Gasteiger partial charge in [-0.15, -0.1) is 0 Å². The first kappa shape index (κ1) is 13.4. The minimum absolute atomic E-state index is 0.618. The van der Waals surface area contributed by atoms with Crippen molar-refractivity contribution in [2.75, 3.05) is 31.1 Å². The van der Waals surface area contributed by atoms with Crippen LogP contribution in [0, 0.1) is 0 Å². The van der Waals surface area contributed by atoms with Crippen LogP contribution in [0.5, 0.6) is 0 Å². The lowest BCUT2D eigenvalue weighted by molar-refractivity contribution is 0.260. The first-order chi connectivity index (χ1) is 10.3. The van der Waals surface area contributed by atoms with Gasteiger partial charge in [0.05, 0.1) is 0 Å². The molecule has 110 valence electrons. The van der Waals surface area contributed by atoms with Crippen LogP contribution in [0.3, 0.4) is 0 Å². The standard InChI is InChI=1S/C17H20ClN3/c18-17-15-6-2-1-5-13(15)11-16(19-17)21-10-7-14(12-21)20-8-3-4-9-20/h1-2,5-6,11,14H,3-4,7-10,12H2/t14-/m0/s1. The van der Waals surface area contributed by atoms with Crippen LogP contribution in [0.2, 0.25) is 5.15 Å². The molecule has 2 saturated heterocycles. The summed E-state index contributed by atoms with van der Waals surface area (Å²) in [5.41, 5.74) is 0. The topological polar surface area (TPSA) is 19.4 Å². The maximum absolute atomic E-state index is 6.36. The molecule has 0 bridgehead atoms. The van der Waals surface area contributed by atoms with Gasteiger partial charge in [-0.1, -0.05) is 35.9 Å². The highest BCUT2D eigenvalue weighted by Gasteiger charge is 2.30. The summed E-state index contributed by atoms with van der Waals surface area (Å²) in [4.78, 5) is 9.65. The highest BCUT2D eigenvalue weighted by atomic mass is 35.5. The molecular weight excluding hydrogens is 282 g/mol. The number of likely N-dealkylation sites (tertiary alicyclic amines) is 1. The van der Waals surface area contributed by atoms with Crippen LogP contribution in [0.1, 0.15) is 19.3 Å². The number of hydrogen-bond acceptors (Lipinski definition) is 3. The van der Waals surface area contributed by atoms with E-state index in [4.69, 9.17) is 11.6 Å². The van der Waals surface area contributed by atoms with Crippen molar-refractivity contribution in [3.05, 3.63) is 35.5 Å². The lowest BCUT2D eigenvalue weighted by Gasteiger charge is -2.24. The molecule has 4 heteroatoms. The largest absolute Gasteiger partial charge is 0.355 e. The number of aromatic nitrogens is 1. The molecule has 2 aliphatic rings. The van der Waals surface area contributed by atoms with Crippen molar-refractivity contribution >= 4 is 28.2 Å². The van der Waals surface area contributed by atoms with Gasteiger partial charge in [0.2, 0.25) is 0 Å². The van der Waals surface area contributed by atoms with E-state index in [9.17, 15) is 0 Å². The number of pyridine rings is 1. The van der Waals surface area contributed by atoms with Gasteiger partial charge in [-0.3, -0.25) is 4.90 Å². The molecule has 2 aliphatic heterocycles. The van der Waals surface area contributed by atoms with Crippen molar-refractivity contribution in [2.24, 2.45) is 0 Å². The van der Waals surface area contributed by atoms with Crippen molar-refractivity contribution in [2.45, 2.75) is 25.3 Å². The molecule has 0 amide bonds. The zero-order valence-electron chi connectivity index (χ0n) is 12.1. The van der Waals surface area contributed by atoms with Crippen LogP contribution >= 0.6 is 11.6 Å². The molecule has 2 aromatic rings. The van der Waals surface area contributed by atoms with Gasteiger partial charge in [-0.05, 0) is 43.8 Å². The van der Waals surface area contributed by atoms with Gasteiger partial charge >= 0.3 is 0 Å². The van der Waals surface area contributed by atoms with Crippen molar-refractivity contribution in [1.29, 1.82) is 0 Å². The molecule has 21 heavy (non-hydrogen) atoms. The Morgan fingerprint density at radius 1 is 1.10 bits per heavy atom. The third-order valence-corrected chi connectivity index (χ3v) is 5.11. The number of anilines is 1. The predicted octanol–water partition coefficient (Wildman–Crippen LogP) is 3.56. The fourth-order valence-electron chi connectivity index (χ4n) is 3.66. The van der Waals surface area contributed by atoms with Gasteiger partial charge in [-0.25, -0.2) is 4.98 Å². The molecule has 0 N–H and O–H groups in total. The molecule has 1 aromatic heterocycles. The van der Waals surface area contributed by atoms with E-state index in [-0.39, 0.29) is 0 Å². The lowest BCUT2D eigenvalue weighted by Crippen LogP contribution is -2.35. The summed E-state index contributed by atoms with van der Waals surface area (Å²) in [6.07, 6.45) is 3.96. The number of nitrogens with zero attached hydrogens (tertiary/aromatic N) is 3. The molecule has 4 rings (SSSR count). The van der Waals surface area contributed by atoms with E-state index < -0.39 is 0 Å². The van der Waals surface area contributed by atoms with Crippen LogP contribution in [0.4, 0.5) is 5.82 Å². The summed E-state index contributed by atoms with van der Waals surface area (Å²) in [7, 11) is 0. The summed E-state index contributed by atoms with van der Waals surface area (Å²) >= 11 is 6.36. The van der Waals surface area contributed by atoms with Crippen molar-refractivity contribution in [3.8, 4) is 0 Å². The Hall–Kier alpha value is -1.32. The maximum Gasteiger partial charge on any atom is 0.139 e. The molecule has 1 aromatic carbocycles. The summed E-state index contributed by atoms with van der Waals surface area (Å²) < 4.78 is 0. The summed E-state index contributed by atoms with van der Waals surface area (Å²) in [5, 5.41) is 2.84. The van der Waals surface area contributed by atoms with Crippen LogP contribution in [-0.4, -0.2) is 42.1 Å². The van der Waals surface area contributed by atoms with Gasteiger partial charge in [0.15, 0.2) is 0 Å². The highest BCUT2D eigenvalue weighted by molar-refractivity contribution is 6.34. The van der Waals surface area contributed by atoms with E-state index in [1.54, 1.807) is 0 Å².